The summed E-state index contributed by atoms with van der Waals surface area (Å²) in [7, 11) is 4.79. The highest BCUT2D eigenvalue weighted by atomic mass is 35.5. The molecule has 7 heteroatoms. The van der Waals surface area contributed by atoms with Gasteiger partial charge in [0.25, 0.3) is 5.56 Å². The molecule has 0 amide bonds. The molecular formula is C15H14ClN3O3. The molecule has 22 heavy (non-hydrogen) atoms. The average molecular weight is 320 g/mol. The van der Waals surface area contributed by atoms with Crippen molar-refractivity contribution in [2.75, 3.05) is 0 Å². The molecule has 0 radical (unpaired) electrons. The van der Waals surface area contributed by atoms with Crippen molar-refractivity contribution in [2.24, 2.45) is 21.1 Å². The topological polar surface area (TPSA) is 58.2 Å². The average Bonchev–Trinajstić information content (AvgIpc) is 2.80. The minimum atomic E-state index is -0.377. The zero-order chi connectivity index (χ0) is 16.0. The molecule has 0 spiro atoms. The van der Waals surface area contributed by atoms with Crippen LogP contribution in [0.5, 0.6) is 11.6 Å². The normalized spacial score (nSPS) is 11.1. The predicted molar refractivity (Wildman–Crippen MR) is 84.9 cm³/mol. The monoisotopic (exact) mass is 319 g/mol. The molecule has 114 valence electrons. The molecule has 0 atom stereocenters. The Morgan fingerprint density at radius 2 is 1.73 bits per heavy atom. The number of ether oxygens (including phenoxy) is 1. The van der Waals surface area contributed by atoms with E-state index in [0.717, 1.165) is 4.57 Å². The van der Waals surface area contributed by atoms with Crippen LogP contribution in [-0.2, 0) is 21.1 Å². The van der Waals surface area contributed by atoms with E-state index < -0.39 is 0 Å². The van der Waals surface area contributed by atoms with E-state index in [2.05, 4.69) is 0 Å². The molecule has 0 aliphatic heterocycles. The highest BCUT2D eigenvalue weighted by molar-refractivity contribution is 6.30. The van der Waals surface area contributed by atoms with Crippen LogP contribution in [-0.4, -0.2) is 13.7 Å². The zero-order valence-corrected chi connectivity index (χ0v) is 13.1. The standard InChI is InChI=1S/C15H14ClN3O3/c1-17-11-8-12(22-10-6-4-5-9(16)7-10)18(2)13(11)14(20)19(3)15(17)21/h4-8H,1-3H3. The lowest BCUT2D eigenvalue weighted by Crippen LogP contribution is -2.37. The van der Waals surface area contributed by atoms with E-state index >= 15 is 0 Å². The Morgan fingerprint density at radius 3 is 2.41 bits per heavy atom. The summed E-state index contributed by atoms with van der Waals surface area (Å²) in [4.78, 5) is 24.3. The maximum absolute atomic E-state index is 12.3. The van der Waals surface area contributed by atoms with Gasteiger partial charge in [-0.05, 0) is 18.2 Å². The van der Waals surface area contributed by atoms with Gasteiger partial charge in [0.1, 0.15) is 11.3 Å². The lowest BCUT2D eigenvalue weighted by Gasteiger charge is -2.07. The number of rotatable bonds is 2. The minimum absolute atomic E-state index is 0.360. The van der Waals surface area contributed by atoms with E-state index in [-0.39, 0.29) is 11.2 Å². The number of halogens is 1. The molecule has 6 nitrogen and oxygen atoms in total. The van der Waals surface area contributed by atoms with E-state index in [4.69, 9.17) is 16.3 Å². The molecule has 3 aromatic rings. The summed E-state index contributed by atoms with van der Waals surface area (Å²) in [5.74, 6) is 1.01. The fourth-order valence-electron chi connectivity index (χ4n) is 2.40. The quantitative estimate of drug-likeness (QED) is 0.726. The van der Waals surface area contributed by atoms with Crippen LogP contribution in [0.15, 0.2) is 39.9 Å². The second kappa shape index (κ2) is 5.06. The Labute approximate surface area is 130 Å². The van der Waals surface area contributed by atoms with E-state index in [1.54, 1.807) is 49.0 Å². The fraction of sp³-hybridized carbons (Fsp3) is 0.200. The molecule has 0 aliphatic carbocycles. The largest absolute Gasteiger partial charge is 0.441 e. The number of fused-ring (bicyclic) bond motifs is 1. The lowest BCUT2D eigenvalue weighted by atomic mass is 10.3. The van der Waals surface area contributed by atoms with Gasteiger partial charge in [-0.15, -0.1) is 0 Å². The summed E-state index contributed by atoms with van der Waals surface area (Å²) in [5, 5.41) is 0.555. The van der Waals surface area contributed by atoms with Crippen LogP contribution in [0.2, 0.25) is 5.02 Å². The van der Waals surface area contributed by atoms with Gasteiger partial charge in [0.2, 0.25) is 5.88 Å². The molecule has 0 N–H and O–H groups in total. The summed E-state index contributed by atoms with van der Waals surface area (Å²) in [5.41, 5.74) is 0.188. The van der Waals surface area contributed by atoms with Crippen LogP contribution in [0.4, 0.5) is 0 Å². The van der Waals surface area contributed by atoms with E-state index in [9.17, 15) is 9.59 Å². The van der Waals surface area contributed by atoms with Gasteiger partial charge in [-0.3, -0.25) is 13.9 Å². The zero-order valence-electron chi connectivity index (χ0n) is 12.3. The number of aryl methyl sites for hydroxylation is 2. The van der Waals surface area contributed by atoms with Crippen LogP contribution >= 0.6 is 11.6 Å². The first-order valence-electron chi connectivity index (χ1n) is 6.59. The van der Waals surface area contributed by atoms with Crippen LogP contribution < -0.4 is 16.0 Å². The number of hydrogen-bond donors (Lipinski definition) is 0. The maximum Gasteiger partial charge on any atom is 0.331 e. The molecule has 0 saturated carbocycles. The number of benzene rings is 1. The maximum atomic E-state index is 12.3. The van der Waals surface area contributed by atoms with Gasteiger partial charge in [-0.25, -0.2) is 4.79 Å². The summed E-state index contributed by atoms with van der Waals surface area (Å²) in [6, 6.07) is 8.63. The van der Waals surface area contributed by atoms with Crippen molar-refractivity contribution >= 4 is 22.6 Å². The second-order valence-corrected chi connectivity index (χ2v) is 5.48. The van der Waals surface area contributed by atoms with Crippen molar-refractivity contribution in [1.82, 2.24) is 13.7 Å². The Morgan fingerprint density at radius 1 is 1.00 bits per heavy atom. The predicted octanol–water partition coefficient (Wildman–Crippen LogP) is 2.02. The molecule has 0 aliphatic rings. The van der Waals surface area contributed by atoms with Crippen molar-refractivity contribution in [2.45, 2.75) is 0 Å². The van der Waals surface area contributed by atoms with Crippen molar-refractivity contribution in [3.05, 3.63) is 56.2 Å². The fourth-order valence-corrected chi connectivity index (χ4v) is 2.58. The summed E-state index contributed by atoms with van der Waals surface area (Å²) >= 11 is 5.94. The van der Waals surface area contributed by atoms with Gasteiger partial charge >= 0.3 is 5.69 Å². The number of nitrogens with zero attached hydrogens (tertiary/aromatic N) is 3. The first kappa shape index (κ1) is 14.5. The molecule has 2 heterocycles. The Bertz CT molecular complexity index is 998. The van der Waals surface area contributed by atoms with E-state index in [1.165, 1.54) is 11.6 Å². The highest BCUT2D eigenvalue weighted by Crippen LogP contribution is 2.27. The van der Waals surface area contributed by atoms with Crippen LogP contribution in [0.3, 0.4) is 0 Å². The van der Waals surface area contributed by atoms with Crippen molar-refractivity contribution in [3.63, 3.8) is 0 Å². The molecule has 1 aromatic carbocycles. The number of hydrogen-bond acceptors (Lipinski definition) is 3. The first-order valence-corrected chi connectivity index (χ1v) is 6.97. The molecule has 0 saturated heterocycles. The van der Waals surface area contributed by atoms with Crippen molar-refractivity contribution < 1.29 is 4.74 Å². The lowest BCUT2D eigenvalue weighted by molar-refractivity contribution is 0.446. The van der Waals surface area contributed by atoms with Crippen molar-refractivity contribution in [1.29, 1.82) is 0 Å². The van der Waals surface area contributed by atoms with Crippen molar-refractivity contribution in [3.8, 4) is 11.6 Å². The van der Waals surface area contributed by atoms with Gasteiger partial charge in [0.05, 0.1) is 5.52 Å². The minimum Gasteiger partial charge on any atom is -0.441 e. The third-order valence-corrected chi connectivity index (χ3v) is 3.86. The second-order valence-electron chi connectivity index (χ2n) is 5.04. The van der Waals surface area contributed by atoms with Gasteiger partial charge in [-0.2, -0.15) is 0 Å². The molecule has 0 bridgehead atoms. The molecular weight excluding hydrogens is 306 g/mol. The summed E-state index contributed by atoms with van der Waals surface area (Å²) < 4.78 is 9.90. The van der Waals surface area contributed by atoms with Crippen LogP contribution in [0.1, 0.15) is 0 Å². The highest BCUT2D eigenvalue weighted by Gasteiger charge is 2.16. The first-order chi connectivity index (χ1) is 10.4. The smallest absolute Gasteiger partial charge is 0.331 e. The van der Waals surface area contributed by atoms with E-state index in [1.807, 2.05) is 0 Å². The van der Waals surface area contributed by atoms with Crippen LogP contribution in [0.25, 0.3) is 11.0 Å². The summed E-state index contributed by atoms with van der Waals surface area (Å²) in [6.45, 7) is 0. The van der Waals surface area contributed by atoms with Gasteiger partial charge in [0.15, 0.2) is 0 Å². The Balaban J connectivity index is 2.23. The molecule has 2 aromatic heterocycles. The molecule has 0 fully saturated rings. The van der Waals surface area contributed by atoms with Gasteiger partial charge < -0.3 is 9.30 Å². The molecule has 3 rings (SSSR count). The van der Waals surface area contributed by atoms with Gasteiger partial charge in [0, 0.05) is 32.2 Å². The number of aromatic nitrogens is 3. The summed E-state index contributed by atoms with van der Waals surface area (Å²) in [6.07, 6.45) is 0. The third-order valence-electron chi connectivity index (χ3n) is 3.63. The van der Waals surface area contributed by atoms with Crippen LogP contribution in [0, 0.1) is 0 Å². The molecule has 0 unspecified atom stereocenters. The Hall–Kier alpha value is -2.47. The van der Waals surface area contributed by atoms with E-state index in [0.29, 0.717) is 27.7 Å². The Kier molecular flexibility index (Phi) is 3.33. The van der Waals surface area contributed by atoms with Gasteiger partial charge in [-0.1, -0.05) is 17.7 Å². The third kappa shape index (κ3) is 2.12. The SMILES string of the molecule is Cn1c(=O)c2c(cc(Oc3cccc(Cl)c3)n2C)n(C)c1=O.